The molecule has 0 radical (unpaired) electrons. The lowest BCUT2D eigenvalue weighted by molar-refractivity contribution is 0.411. The summed E-state index contributed by atoms with van der Waals surface area (Å²) >= 11 is 0. The Balaban J connectivity index is 1.64. The molecule has 2 aromatic heterocycles. The van der Waals surface area contributed by atoms with Crippen LogP contribution in [0.2, 0.25) is 0 Å². The molecule has 2 heterocycles. The zero-order valence-corrected chi connectivity index (χ0v) is 17.3. The number of anilines is 3. The lowest BCUT2D eigenvalue weighted by Crippen LogP contribution is -2.12. The molecule has 0 spiro atoms. The van der Waals surface area contributed by atoms with Crippen molar-refractivity contribution in [3.63, 3.8) is 0 Å². The number of nitrogens with zero attached hydrogens (tertiary/aromatic N) is 4. The summed E-state index contributed by atoms with van der Waals surface area (Å²) in [6.07, 6.45) is 6.43. The van der Waals surface area contributed by atoms with Crippen LogP contribution in [0.1, 0.15) is 30.7 Å². The number of fused-ring (bicyclic) bond motifs is 1. The maximum Gasteiger partial charge on any atom is 0.326 e. The van der Waals surface area contributed by atoms with E-state index in [1.165, 1.54) is 0 Å². The molecule has 0 atom stereocenters. The van der Waals surface area contributed by atoms with Gasteiger partial charge in [-0.05, 0) is 38.0 Å². The Morgan fingerprint density at radius 1 is 1.20 bits per heavy atom. The molecule has 8 heteroatoms. The van der Waals surface area contributed by atoms with E-state index in [9.17, 15) is 4.39 Å². The molecule has 154 valence electrons. The third-order valence-electron chi connectivity index (χ3n) is 4.65. The molecule has 7 nitrogen and oxygen atoms in total. The highest BCUT2D eigenvalue weighted by Gasteiger charge is 2.19. The van der Waals surface area contributed by atoms with Gasteiger partial charge in [-0.25, -0.2) is 4.39 Å². The second kappa shape index (κ2) is 7.98. The fourth-order valence-electron chi connectivity index (χ4n) is 3.25. The molecule has 1 aromatic carbocycles. The Kier molecular flexibility index (Phi) is 5.22. The number of hydrogen-bond acceptors (Lipinski definition) is 6. The smallest absolute Gasteiger partial charge is 0.326 e. The molecule has 0 amide bonds. The number of ether oxygens (including phenoxy) is 1. The Morgan fingerprint density at radius 2 is 2.03 bits per heavy atom. The summed E-state index contributed by atoms with van der Waals surface area (Å²) in [5.41, 5.74) is 3.51. The van der Waals surface area contributed by atoms with E-state index in [0.717, 1.165) is 23.3 Å². The Bertz CT molecular complexity index is 1150. The van der Waals surface area contributed by atoms with Crippen molar-refractivity contribution in [2.24, 2.45) is 0 Å². The summed E-state index contributed by atoms with van der Waals surface area (Å²) in [5.74, 6) is 1.39. The molecule has 0 fully saturated rings. The fraction of sp³-hybridized carbons (Fsp3) is 0.227. The maximum atomic E-state index is 14.9. The highest BCUT2D eigenvalue weighted by Crippen LogP contribution is 2.34. The van der Waals surface area contributed by atoms with Crippen molar-refractivity contribution in [1.29, 1.82) is 0 Å². The van der Waals surface area contributed by atoms with Gasteiger partial charge < -0.3 is 15.0 Å². The van der Waals surface area contributed by atoms with Crippen molar-refractivity contribution >= 4 is 29.6 Å². The first-order chi connectivity index (χ1) is 14.4. The monoisotopic (exact) mass is 406 g/mol. The zero-order valence-electron chi connectivity index (χ0n) is 17.3. The molecule has 0 saturated heterocycles. The molecule has 0 unspecified atom stereocenters. The second-order valence-corrected chi connectivity index (χ2v) is 7.34. The molecular weight excluding hydrogens is 383 g/mol. The van der Waals surface area contributed by atoms with Crippen molar-refractivity contribution in [1.82, 2.24) is 20.2 Å². The number of aromatic nitrogens is 4. The summed E-state index contributed by atoms with van der Waals surface area (Å²) in [7, 11) is 3.72. The molecule has 1 aliphatic rings. The first-order valence-corrected chi connectivity index (χ1v) is 9.61. The zero-order chi connectivity index (χ0) is 21.3. The van der Waals surface area contributed by atoms with Crippen LogP contribution in [0.15, 0.2) is 35.9 Å². The van der Waals surface area contributed by atoms with Gasteiger partial charge in [0.05, 0.1) is 5.69 Å². The van der Waals surface area contributed by atoms with Crippen LogP contribution in [0.5, 0.6) is 11.8 Å². The third-order valence-corrected chi connectivity index (χ3v) is 4.65. The standard InChI is InChI=1S/C22H23FN6O/c1-5-6-15-11-19(28-27-15)24-18-12-20(29(3)4)26-22(25-18)30-17-8-7-14-9-13(2)10-16(14)21(17)23/h5-8,10-12H,9H2,1-4H3,(H2,24,25,26,27,28)/b6-5+. The van der Waals surface area contributed by atoms with E-state index in [2.05, 4.69) is 25.5 Å². The highest BCUT2D eigenvalue weighted by atomic mass is 19.1. The van der Waals surface area contributed by atoms with E-state index in [0.29, 0.717) is 23.0 Å². The number of H-pyrrole nitrogens is 1. The molecule has 3 aromatic rings. The van der Waals surface area contributed by atoms with Crippen LogP contribution in [0.25, 0.3) is 12.2 Å². The Hall–Kier alpha value is -3.68. The number of benzene rings is 1. The van der Waals surface area contributed by atoms with Crippen molar-refractivity contribution in [3.8, 4) is 11.8 Å². The highest BCUT2D eigenvalue weighted by molar-refractivity contribution is 5.66. The van der Waals surface area contributed by atoms with Crippen LogP contribution in [0.4, 0.5) is 21.8 Å². The second-order valence-electron chi connectivity index (χ2n) is 7.34. The number of nitrogens with one attached hydrogen (secondary N) is 2. The van der Waals surface area contributed by atoms with Crippen LogP contribution in [-0.4, -0.2) is 34.3 Å². The number of allylic oxidation sites excluding steroid dienone is 2. The van der Waals surface area contributed by atoms with Crippen molar-refractivity contribution in [2.75, 3.05) is 24.3 Å². The van der Waals surface area contributed by atoms with Gasteiger partial charge in [0.25, 0.3) is 0 Å². The van der Waals surface area contributed by atoms with Gasteiger partial charge in [0, 0.05) is 31.8 Å². The Morgan fingerprint density at radius 3 is 2.80 bits per heavy atom. The van der Waals surface area contributed by atoms with Crippen LogP contribution >= 0.6 is 0 Å². The summed E-state index contributed by atoms with van der Waals surface area (Å²) in [4.78, 5) is 10.6. The van der Waals surface area contributed by atoms with E-state index in [1.807, 2.05) is 63.2 Å². The normalized spacial score (nSPS) is 12.8. The molecule has 0 aliphatic heterocycles. The number of rotatable bonds is 6. The summed E-state index contributed by atoms with van der Waals surface area (Å²) in [6, 6.07) is 7.17. The Labute approximate surface area is 174 Å². The molecular formula is C22H23FN6O. The van der Waals surface area contributed by atoms with Gasteiger partial charge in [-0.3, -0.25) is 5.10 Å². The maximum absolute atomic E-state index is 14.9. The van der Waals surface area contributed by atoms with Gasteiger partial charge in [-0.1, -0.05) is 23.8 Å². The van der Waals surface area contributed by atoms with Crippen LogP contribution in [0, 0.1) is 5.82 Å². The quantitative estimate of drug-likeness (QED) is 0.604. The number of halogens is 1. The number of aromatic amines is 1. The average Bonchev–Trinajstić information content (AvgIpc) is 3.30. The van der Waals surface area contributed by atoms with E-state index in [1.54, 1.807) is 12.1 Å². The molecule has 0 bridgehead atoms. The molecule has 2 N–H and O–H groups in total. The molecule has 30 heavy (non-hydrogen) atoms. The van der Waals surface area contributed by atoms with E-state index in [4.69, 9.17) is 4.74 Å². The predicted octanol–water partition coefficient (Wildman–Crippen LogP) is 4.93. The van der Waals surface area contributed by atoms with Gasteiger partial charge in [0.1, 0.15) is 11.6 Å². The van der Waals surface area contributed by atoms with Crippen molar-refractivity contribution in [2.45, 2.75) is 20.3 Å². The summed E-state index contributed by atoms with van der Waals surface area (Å²) in [6.45, 7) is 3.92. The molecule has 1 aliphatic carbocycles. The molecule has 4 rings (SSSR count). The third kappa shape index (κ3) is 4.03. The summed E-state index contributed by atoms with van der Waals surface area (Å²) < 4.78 is 20.7. The van der Waals surface area contributed by atoms with E-state index in [-0.39, 0.29) is 11.8 Å². The largest absolute Gasteiger partial charge is 0.421 e. The van der Waals surface area contributed by atoms with Crippen LogP contribution < -0.4 is 15.0 Å². The number of hydrogen-bond donors (Lipinski definition) is 2. The first-order valence-electron chi connectivity index (χ1n) is 9.61. The molecule has 0 saturated carbocycles. The minimum absolute atomic E-state index is 0.0467. The van der Waals surface area contributed by atoms with E-state index >= 15 is 0 Å². The first kappa shape index (κ1) is 19.6. The van der Waals surface area contributed by atoms with Crippen molar-refractivity contribution < 1.29 is 9.13 Å². The van der Waals surface area contributed by atoms with Crippen LogP contribution in [0.3, 0.4) is 0 Å². The minimum Gasteiger partial charge on any atom is -0.421 e. The fourth-order valence-corrected chi connectivity index (χ4v) is 3.25. The van der Waals surface area contributed by atoms with Gasteiger partial charge >= 0.3 is 6.01 Å². The van der Waals surface area contributed by atoms with Gasteiger partial charge in [-0.15, -0.1) is 0 Å². The average molecular weight is 406 g/mol. The van der Waals surface area contributed by atoms with Crippen LogP contribution in [-0.2, 0) is 6.42 Å². The lowest BCUT2D eigenvalue weighted by Gasteiger charge is -2.15. The van der Waals surface area contributed by atoms with Gasteiger partial charge in [0.15, 0.2) is 17.4 Å². The van der Waals surface area contributed by atoms with E-state index < -0.39 is 5.82 Å². The predicted molar refractivity (Wildman–Crippen MR) is 117 cm³/mol. The van der Waals surface area contributed by atoms with Gasteiger partial charge in [-0.2, -0.15) is 15.1 Å². The van der Waals surface area contributed by atoms with Gasteiger partial charge in [0.2, 0.25) is 0 Å². The minimum atomic E-state index is -0.402. The lowest BCUT2D eigenvalue weighted by atomic mass is 10.1. The topological polar surface area (TPSA) is 79.0 Å². The SMILES string of the molecule is C/C=C/c1cc(Nc2cc(N(C)C)nc(Oc3ccc4c(c3F)C=C(C)C4)n2)n[nH]1. The summed E-state index contributed by atoms with van der Waals surface area (Å²) in [5, 5.41) is 10.3. The van der Waals surface area contributed by atoms with Crippen molar-refractivity contribution in [3.05, 3.63) is 58.6 Å².